The molecule has 0 spiro atoms. The van der Waals surface area contributed by atoms with Gasteiger partial charge in [0.25, 0.3) is 5.69 Å². The van der Waals surface area contributed by atoms with Gasteiger partial charge in [0.05, 0.1) is 18.6 Å². The quantitative estimate of drug-likeness (QED) is 0.301. The average Bonchev–Trinajstić information content (AvgIpc) is 2.64. The summed E-state index contributed by atoms with van der Waals surface area (Å²) >= 11 is 0. The standard InChI is InChI=1S/C20H21NO5/c1-14(2)13-26-19-11-5-15(12-20(19)25-3)4-10-18(22)16-6-8-17(9-7-16)21(23)24/h4-12,14H,13H2,1-3H3/b10-4+. The average molecular weight is 355 g/mol. The molecule has 0 aliphatic rings. The molecule has 6 heteroatoms. The van der Waals surface area contributed by atoms with Crippen molar-refractivity contribution < 1.29 is 19.2 Å². The Morgan fingerprint density at radius 2 is 1.85 bits per heavy atom. The van der Waals surface area contributed by atoms with Gasteiger partial charge in [-0.05, 0) is 41.8 Å². The largest absolute Gasteiger partial charge is 0.493 e. The van der Waals surface area contributed by atoms with Gasteiger partial charge >= 0.3 is 0 Å². The number of benzene rings is 2. The van der Waals surface area contributed by atoms with Gasteiger partial charge < -0.3 is 9.47 Å². The van der Waals surface area contributed by atoms with Crippen molar-refractivity contribution >= 4 is 17.5 Å². The molecule has 0 atom stereocenters. The fraction of sp³-hybridized carbons (Fsp3) is 0.250. The smallest absolute Gasteiger partial charge is 0.269 e. The third-order valence-electron chi connectivity index (χ3n) is 3.55. The van der Waals surface area contributed by atoms with Crippen molar-refractivity contribution in [1.82, 2.24) is 0 Å². The molecule has 2 aromatic rings. The first-order valence-electron chi connectivity index (χ1n) is 8.18. The van der Waals surface area contributed by atoms with Gasteiger partial charge in [0.15, 0.2) is 17.3 Å². The van der Waals surface area contributed by atoms with Crippen molar-refractivity contribution in [3.63, 3.8) is 0 Å². The molecule has 0 unspecified atom stereocenters. The van der Waals surface area contributed by atoms with E-state index in [0.29, 0.717) is 29.6 Å². The van der Waals surface area contributed by atoms with Crippen LogP contribution in [-0.2, 0) is 0 Å². The van der Waals surface area contributed by atoms with Crippen LogP contribution >= 0.6 is 0 Å². The van der Waals surface area contributed by atoms with Crippen LogP contribution in [0.4, 0.5) is 5.69 Å². The van der Waals surface area contributed by atoms with Crippen LogP contribution in [0.25, 0.3) is 6.08 Å². The monoisotopic (exact) mass is 355 g/mol. The zero-order valence-electron chi connectivity index (χ0n) is 15.0. The molecule has 0 aliphatic heterocycles. The van der Waals surface area contributed by atoms with E-state index in [9.17, 15) is 14.9 Å². The van der Waals surface area contributed by atoms with Gasteiger partial charge in [-0.15, -0.1) is 0 Å². The normalized spacial score (nSPS) is 10.9. The van der Waals surface area contributed by atoms with Gasteiger partial charge in [-0.25, -0.2) is 0 Å². The second kappa shape index (κ2) is 8.80. The molecule has 0 N–H and O–H groups in total. The summed E-state index contributed by atoms with van der Waals surface area (Å²) in [7, 11) is 1.56. The van der Waals surface area contributed by atoms with E-state index in [1.807, 2.05) is 6.07 Å². The highest BCUT2D eigenvalue weighted by Gasteiger charge is 2.08. The molecule has 0 saturated carbocycles. The lowest BCUT2D eigenvalue weighted by molar-refractivity contribution is -0.384. The summed E-state index contributed by atoms with van der Waals surface area (Å²) in [6, 6.07) is 10.9. The molecule has 26 heavy (non-hydrogen) atoms. The van der Waals surface area contributed by atoms with Crippen LogP contribution in [0.3, 0.4) is 0 Å². The summed E-state index contributed by atoms with van der Waals surface area (Å²) in [5.41, 5.74) is 1.12. The fourth-order valence-electron chi connectivity index (χ4n) is 2.18. The number of ketones is 1. The molecule has 6 nitrogen and oxygen atoms in total. The highest BCUT2D eigenvalue weighted by molar-refractivity contribution is 6.06. The second-order valence-electron chi connectivity index (χ2n) is 6.12. The highest BCUT2D eigenvalue weighted by atomic mass is 16.6. The number of nitro benzene ring substituents is 1. The topological polar surface area (TPSA) is 78.7 Å². The minimum Gasteiger partial charge on any atom is -0.493 e. The Bertz CT molecular complexity index is 809. The molecule has 0 aromatic heterocycles. The van der Waals surface area contributed by atoms with Gasteiger partial charge in [0.1, 0.15) is 0 Å². The number of non-ortho nitro benzene ring substituents is 1. The maximum atomic E-state index is 12.2. The van der Waals surface area contributed by atoms with Gasteiger partial charge in [-0.1, -0.05) is 26.0 Å². The Labute approximate surface area is 152 Å². The molecule has 0 bridgehead atoms. The van der Waals surface area contributed by atoms with Crippen LogP contribution in [0.1, 0.15) is 29.8 Å². The van der Waals surface area contributed by atoms with Crippen molar-refractivity contribution in [3.05, 3.63) is 69.8 Å². The van der Waals surface area contributed by atoms with Crippen molar-refractivity contribution in [1.29, 1.82) is 0 Å². The SMILES string of the molecule is COc1cc(/C=C/C(=O)c2ccc([N+](=O)[O-])cc2)ccc1OCC(C)C. The molecule has 0 aliphatic carbocycles. The summed E-state index contributed by atoms with van der Waals surface area (Å²) in [5.74, 6) is 1.41. The Hall–Kier alpha value is -3.15. The predicted octanol–water partition coefficient (Wildman–Crippen LogP) is 4.53. The number of hydrogen-bond acceptors (Lipinski definition) is 5. The number of methoxy groups -OCH3 is 1. The molecule has 0 fully saturated rings. The zero-order chi connectivity index (χ0) is 19.1. The minimum atomic E-state index is -0.501. The lowest BCUT2D eigenvalue weighted by atomic mass is 10.1. The van der Waals surface area contributed by atoms with Crippen molar-refractivity contribution in [2.24, 2.45) is 5.92 Å². The van der Waals surface area contributed by atoms with E-state index in [4.69, 9.17) is 9.47 Å². The van der Waals surface area contributed by atoms with E-state index in [0.717, 1.165) is 5.56 Å². The number of hydrogen-bond donors (Lipinski definition) is 0. The van der Waals surface area contributed by atoms with Crippen molar-refractivity contribution in [2.75, 3.05) is 13.7 Å². The first-order valence-corrected chi connectivity index (χ1v) is 8.18. The summed E-state index contributed by atoms with van der Waals surface area (Å²) in [4.78, 5) is 22.3. The number of carbonyl (C=O) groups excluding carboxylic acids is 1. The molecule has 136 valence electrons. The zero-order valence-corrected chi connectivity index (χ0v) is 15.0. The lowest BCUT2D eigenvalue weighted by Crippen LogP contribution is -2.05. The first-order chi connectivity index (χ1) is 12.4. The molecule has 0 radical (unpaired) electrons. The number of ether oxygens (including phenoxy) is 2. The van der Waals surface area contributed by atoms with Crippen molar-refractivity contribution in [3.8, 4) is 11.5 Å². The van der Waals surface area contributed by atoms with Gasteiger partial charge in [0.2, 0.25) is 0 Å². The Balaban J connectivity index is 2.11. The number of allylic oxidation sites excluding steroid dienone is 1. The maximum Gasteiger partial charge on any atom is 0.269 e. The maximum absolute atomic E-state index is 12.2. The van der Waals surface area contributed by atoms with E-state index >= 15 is 0 Å². The summed E-state index contributed by atoms with van der Waals surface area (Å²) < 4.78 is 11.0. The molecule has 2 rings (SSSR count). The van der Waals surface area contributed by atoms with Crippen molar-refractivity contribution in [2.45, 2.75) is 13.8 Å². The van der Waals surface area contributed by atoms with E-state index in [2.05, 4.69) is 13.8 Å². The second-order valence-corrected chi connectivity index (χ2v) is 6.12. The summed E-state index contributed by atoms with van der Waals surface area (Å²) in [6.07, 6.45) is 3.09. The molecule has 0 saturated heterocycles. The number of rotatable bonds is 8. The van der Waals surface area contributed by atoms with E-state index in [1.165, 1.54) is 30.3 Å². The van der Waals surface area contributed by atoms with Crippen LogP contribution < -0.4 is 9.47 Å². The van der Waals surface area contributed by atoms with E-state index in [-0.39, 0.29) is 11.5 Å². The number of nitrogens with zero attached hydrogens (tertiary/aromatic N) is 1. The fourth-order valence-corrected chi connectivity index (χ4v) is 2.18. The first kappa shape index (κ1) is 19.2. The van der Waals surface area contributed by atoms with Gasteiger partial charge in [0, 0.05) is 17.7 Å². The van der Waals surface area contributed by atoms with E-state index in [1.54, 1.807) is 25.3 Å². The lowest BCUT2D eigenvalue weighted by Gasteiger charge is -2.12. The highest BCUT2D eigenvalue weighted by Crippen LogP contribution is 2.29. The van der Waals surface area contributed by atoms with Crippen LogP contribution in [0.2, 0.25) is 0 Å². The van der Waals surface area contributed by atoms with E-state index < -0.39 is 4.92 Å². The third kappa shape index (κ3) is 5.17. The van der Waals surface area contributed by atoms with Gasteiger partial charge in [-0.3, -0.25) is 14.9 Å². The molecule has 2 aromatic carbocycles. The number of carbonyl (C=O) groups is 1. The van der Waals surface area contributed by atoms with Crippen LogP contribution in [0, 0.1) is 16.0 Å². The number of nitro groups is 1. The Morgan fingerprint density at radius 1 is 1.15 bits per heavy atom. The van der Waals surface area contributed by atoms with Gasteiger partial charge in [-0.2, -0.15) is 0 Å². The molecule has 0 amide bonds. The summed E-state index contributed by atoms with van der Waals surface area (Å²) in [5, 5.41) is 10.6. The minimum absolute atomic E-state index is 0.0488. The third-order valence-corrected chi connectivity index (χ3v) is 3.55. The van der Waals surface area contributed by atoms with Crippen LogP contribution in [-0.4, -0.2) is 24.4 Å². The Morgan fingerprint density at radius 3 is 2.42 bits per heavy atom. The van der Waals surface area contributed by atoms with Crippen LogP contribution in [0.5, 0.6) is 11.5 Å². The molecular formula is C20H21NO5. The Kier molecular flexibility index (Phi) is 6.49. The predicted molar refractivity (Wildman–Crippen MR) is 99.8 cm³/mol. The van der Waals surface area contributed by atoms with Crippen LogP contribution in [0.15, 0.2) is 48.5 Å². The molecular weight excluding hydrogens is 334 g/mol. The molecule has 0 heterocycles. The summed E-state index contributed by atoms with van der Waals surface area (Å²) in [6.45, 7) is 4.71.